The van der Waals surface area contributed by atoms with Crippen LogP contribution in [-0.2, 0) is 6.54 Å². The minimum atomic E-state index is -2.84. The van der Waals surface area contributed by atoms with Crippen molar-refractivity contribution in [1.82, 2.24) is 0 Å². The van der Waals surface area contributed by atoms with Crippen LogP contribution in [0, 0.1) is 6.92 Å². The van der Waals surface area contributed by atoms with E-state index in [0.29, 0.717) is 0 Å². The van der Waals surface area contributed by atoms with Crippen LogP contribution in [0.2, 0.25) is 0 Å². The van der Waals surface area contributed by atoms with E-state index in [4.69, 9.17) is 5.73 Å². The number of nitrogens with two attached hydrogens (primary N) is 1. The molecule has 0 aliphatic carbocycles. The van der Waals surface area contributed by atoms with E-state index < -0.39 is 6.61 Å². The topological polar surface area (TPSA) is 59.6 Å². The maximum absolute atomic E-state index is 12.2. The molecule has 22 heavy (non-hydrogen) atoms. The highest BCUT2D eigenvalue weighted by atomic mass is 19.3. The Labute approximate surface area is 127 Å². The van der Waals surface area contributed by atoms with Crippen molar-refractivity contribution in [3.05, 3.63) is 59.7 Å². The Hall–Kier alpha value is -2.63. The summed E-state index contributed by atoms with van der Waals surface area (Å²) in [5.41, 5.74) is 8.49. The van der Waals surface area contributed by atoms with Crippen LogP contribution < -0.4 is 15.8 Å². The van der Waals surface area contributed by atoms with Gasteiger partial charge in [0.2, 0.25) is 0 Å². The quantitative estimate of drug-likeness (QED) is 0.656. The zero-order valence-corrected chi connectivity index (χ0v) is 12.1. The largest absolute Gasteiger partial charge is 0.435 e. The maximum atomic E-state index is 12.2. The second-order valence-corrected chi connectivity index (χ2v) is 4.72. The number of ether oxygens (including phenoxy) is 1. The molecule has 0 fully saturated rings. The number of rotatable bonds is 5. The predicted molar refractivity (Wildman–Crippen MR) is 83.2 cm³/mol. The van der Waals surface area contributed by atoms with Gasteiger partial charge in [-0.25, -0.2) is 4.99 Å². The van der Waals surface area contributed by atoms with Gasteiger partial charge >= 0.3 is 6.61 Å². The fraction of sp³-hybridized carbons (Fsp3) is 0.188. The maximum Gasteiger partial charge on any atom is 0.387 e. The second kappa shape index (κ2) is 7.40. The van der Waals surface area contributed by atoms with Gasteiger partial charge in [-0.2, -0.15) is 8.78 Å². The Morgan fingerprint density at radius 3 is 2.73 bits per heavy atom. The van der Waals surface area contributed by atoms with Gasteiger partial charge in [-0.3, -0.25) is 0 Å². The fourth-order valence-electron chi connectivity index (χ4n) is 1.91. The van der Waals surface area contributed by atoms with Gasteiger partial charge in [-0.1, -0.05) is 24.3 Å². The molecule has 0 atom stereocenters. The molecule has 0 heterocycles. The van der Waals surface area contributed by atoms with E-state index in [-0.39, 0.29) is 18.3 Å². The van der Waals surface area contributed by atoms with Crippen LogP contribution in [0.3, 0.4) is 0 Å². The first-order valence-corrected chi connectivity index (χ1v) is 6.70. The van der Waals surface area contributed by atoms with Crippen molar-refractivity contribution in [2.75, 3.05) is 5.32 Å². The number of benzene rings is 2. The number of alkyl halides is 2. The smallest absolute Gasteiger partial charge is 0.387 e. The Balaban J connectivity index is 1.98. The Morgan fingerprint density at radius 1 is 1.23 bits per heavy atom. The number of guanidine groups is 1. The lowest BCUT2D eigenvalue weighted by Crippen LogP contribution is -2.22. The second-order valence-electron chi connectivity index (χ2n) is 4.72. The van der Waals surface area contributed by atoms with Gasteiger partial charge in [0.05, 0.1) is 6.54 Å². The van der Waals surface area contributed by atoms with Crippen LogP contribution in [0.4, 0.5) is 14.5 Å². The average molecular weight is 305 g/mol. The number of nitrogens with one attached hydrogen (secondary N) is 1. The first-order chi connectivity index (χ1) is 10.5. The molecule has 0 spiro atoms. The number of hydrogen-bond donors (Lipinski definition) is 2. The molecule has 2 rings (SSSR count). The first kappa shape index (κ1) is 15.8. The summed E-state index contributed by atoms with van der Waals surface area (Å²) in [6.45, 7) is -0.593. The highest BCUT2D eigenvalue weighted by Gasteiger charge is 2.04. The van der Waals surface area contributed by atoms with Gasteiger partial charge < -0.3 is 15.8 Å². The lowest BCUT2D eigenvalue weighted by molar-refractivity contribution is -0.0498. The van der Waals surface area contributed by atoms with Crippen LogP contribution >= 0.6 is 0 Å². The molecule has 0 bridgehead atoms. The average Bonchev–Trinajstić information content (AvgIpc) is 2.45. The number of aliphatic imine (C=N–C) groups is 1. The van der Waals surface area contributed by atoms with Crippen molar-refractivity contribution in [3.63, 3.8) is 0 Å². The molecule has 0 radical (unpaired) electrons. The molecule has 0 saturated carbocycles. The molecule has 0 aliphatic rings. The standard InChI is InChI=1S/C16H17F2N3O/c1-11-4-2-6-13(8-11)21-16(19)20-10-12-5-3-7-14(9-12)22-15(17)18/h2-9,15H,10H2,1H3,(H3,19,20,21). The van der Waals surface area contributed by atoms with Gasteiger partial charge in [0.15, 0.2) is 5.96 Å². The minimum absolute atomic E-state index is 0.105. The summed E-state index contributed by atoms with van der Waals surface area (Å²) in [5.74, 6) is 0.360. The highest BCUT2D eigenvalue weighted by Crippen LogP contribution is 2.16. The summed E-state index contributed by atoms with van der Waals surface area (Å²) < 4.78 is 28.7. The summed E-state index contributed by atoms with van der Waals surface area (Å²) in [5, 5.41) is 2.98. The zero-order valence-electron chi connectivity index (χ0n) is 12.1. The van der Waals surface area contributed by atoms with Gasteiger partial charge in [0.25, 0.3) is 0 Å². The molecule has 0 unspecified atom stereocenters. The van der Waals surface area contributed by atoms with Gasteiger partial charge in [0, 0.05) is 5.69 Å². The van der Waals surface area contributed by atoms with Crippen LogP contribution in [-0.4, -0.2) is 12.6 Å². The highest BCUT2D eigenvalue weighted by molar-refractivity contribution is 5.92. The lowest BCUT2D eigenvalue weighted by atomic mass is 10.2. The molecule has 0 amide bonds. The molecule has 4 nitrogen and oxygen atoms in total. The van der Waals surface area contributed by atoms with Crippen LogP contribution in [0.5, 0.6) is 5.75 Å². The number of hydrogen-bond acceptors (Lipinski definition) is 2. The molecule has 2 aromatic rings. The summed E-state index contributed by atoms with van der Waals surface area (Å²) in [4.78, 5) is 4.18. The van der Waals surface area contributed by atoms with Crippen LogP contribution in [0.25, 0.3) is 0 Å². The van der Waals surface area contributed by atoms with E-state index in [0.717, 1.165) is 16.8 Å². The third-order valence-corrected chi connectivity index (χ3v) is 2.85. The molecular formula is C16H17F2N3O. The summed E-state index contributed by atoms with van der Waals surface area (Å²) in [7, 11) is 0. The van der Waals surface area contributed by atoms with E-state index in [9.17, 15) is 8.78 Å². The first-order valence-electron chi connectivity index (χ1n) is 6.70. The lowest BCUT2D eigenvalue weighted by Gasteiger charge is -2.07. The fourth-order valence-corrected chi connectivity index (χ4v) is 1.91. The van der Waals surface area contributed by atoms with Gasteiger partial charge in [-0.05, 0) is 42.3 Å². The van der Waals surface area contributed by atoms with Crippen molar-refractivity contribution in [3.8, 4) is 5.75 Å². The van der Waals surface area contributed by atoms with Crippen molar-refractivity contribution >= 4 is 11.6 Å². The molecule has 2 aromatic carbocycles. The Morgan fingerprint density at radius 2 is 2.00 bits per heavy atom. The molecule has 0 aliphatic heterocycles. The van der Waals surface area contributed by atoms with Gasteiger partial charge in [0.1, 0.15) is 5.75 Å². The number of nitrogens with zero attached hydrogens (tertiary/aromatic N) is 1. The Bertz CT molecular complexity index is 659. The normalized spacial score (nSPS) is 11.5. The number of aryl methyl sites for hydroxylation is 1. The summed E-state index contributed by atoms with van der Waals surface area (Å²) in [6.07, 6.45) is 0. The molecule has 0 saturated heterocycles. The number of halogens is 2. The van der Waals surface area contributed by atoms with Gasteiger partial charge in [-0.15, -0.1) is 0 Å². The zero-order chi connectivity index (χ0) is 15.9. The van der Waals surface area contributed by atoms with Crippen molar-refractivity contribution in [2.45, 2.75) is 20.1 Å². The van der Waals surface area contributed by atoms with Crippen molar-refractivity contribution in [1.29, 1.82) is 0 Å². The molecule has 116 valence electrons. The van der Waals surface area contributed by atoms with E-state index in [1.165, 1.54) is 12.1 Å². The van der Waals surface area contributed by atoms with E-state index in [1.807, 2.05) is 31.2 Å². The van der Waals surface area contributed by atoms with E-state index in [2.05, 4.69) is 15.0 Å². The predicted octanol–water partition coefficient (Wildman–Crippen LogP) is 3.52. The van der Waals surface area contributed by atoms with Crippen molar-refractivity contribution in [2.24, 2.45) is 10.7 Å². The SMILES string of the molecule is Cc1cccc(NC(N)=NCc2cccc(OC(F)F)c2)c1. The molecule has 0 aromatic heterocycles. The summed E-state index contributed by atoms with van der Waals surface area (Å²) in [6, 6.07) is 14.1. The van der Waals surface area contributed by atoms with Crippen LogP contribution in [0.1, 0.15) is 11.1 Å². The monoisotopic (exact) mass is 305 g/mol. The molecular weight excluding hydrogens is 288 g/mol. The Kier molecular flexibility index (Phi) is 5.30. The van der Waals surface area contributed by atoms with E-state index in [1.54, 1.807) is 12.1 Å². The summed E-state index contributed by atoms with van der Waals surface area (Å²) >= 11 is 0. The minimum Gasteiger partial charge on any atom is -0.435 e. The van der Waals surface area contributed by atoms with Crippen LogP contribution in [0.15, 0.2) is 53.5 Å². The third kappa shape index (κ3) is 5.05. The number of anilines is 1. The third-order valence-electron chi connectivity index (χ3n) is 2.85. The molecule has 3 N–H and O–H groups in total. The molecule has 6 heteroatoms. The van der Waals surface area contributed by atoms with E-state index >= 15 is 0 Å². The van der Waals surface area contributed by atoms with Crippen molar-refractivity contribution < 1.29 is 13.5 Å².